The molecule has 1 saturated heterocycles. The molecular weight excluding hydrogens is 418 g/mol. The van der Waals surface area contributed by atoms with Crippen LogP contribution in [0.25, 0.3) is 0 Å². The Morgan fingerprint density at radius 2 is 2.00 bits per heavy atom. The highest BCUT2D eigenvalue weighted by atomic mass is 79.9. The van der Waals surface area contributed by atoms with E-state index in [0.29, 0.717) is 24.6 Å². The van der Waals surface area contributed by atoms with E-state index in [1.54, 1.807) is 12.1 Å². The maximum Gasteiger partial charge on any atom is 0.251 e. The summed E-state index contributed by atoms with van der Waals surface area (Å²) in [5.41, 5.74) is 0.670. The molecule has 1 amide bonds. The van der Waals surface area contributed by atoms with Crippen molar-refractivity contribution < 1.29 is 13.2 Å². The van der Waals surface area contributed by atoms with Gasteiger partial charge in [-0.3, -0.25) is 9.69 Å². The Morgan fingerprint density at radius 3 is 2.62 bits per heavy atom. The van der Waals surface area contributed by atoms with Crippen LogP contribution in [0, 0.1) is 5.92 Å². The molecule has 1 heterocycles. The first kappa shape index (κ1) is 21.3. The number of carbonyl (C=O) groups is 1. The SMILES string of the molecule is CC(C)NS(=O)(=O)CCN1CCC(CNC(=O)c2ccccc2)CC1Br. The minimum absolute atomic E-state index is 0.0509. The maximum atomic E-state index is 12.1. The van der Waals surface area contributed by atoms with Crippen LogP contribution in [-0.4, -0.2) is 55.6 Å². The topological polar surface area (TPSA) is 78.5 Å². The number of nitrogens with one attached hydrogen (secondary N) is 2. The van der Waals surface area contributed by atoms with E-state index in [2.05, 4.69) is 30.9 Å². The standard InChI is InChI=1S/C18H28BrN3O3S/c1-14(2)21-26(24,25)11-10-22-9-8-15(12-17(22)19)13-20-18(23)16-6-4-3-5-7-16/h3-7,14-15,17,21H,8-13H2,1-2H3,(H,20,23). The lowest BCUT2D eigenvalue weighted by Gasteiger charge is -2.36. The Kier molecular flexibility index (Phi) is 8.06. The van der Waals surface area contributed by atoms with E-state index in [0.717, 1.165) is 19.4 Å². The normalized spacial score (nSPS) is 21.7. The fourth-order valence-corrected chi connectivity index (χ4v) is 5.30. The molecule has 0 aromatic heterocycles. The van der Waals surface area contributed by atoms with E-state index in [4.69, 9.17) is 0 Å². The molecular formula is C18H28BrN3O3S. The molecule has 2 unspecified atom stereocenters. The molecule has 6 nitrogen and oxygen atoms in total. The zero-order chi connectivity index (χ0) is 19.2. The van der Waals surface area contributed by atoms with Gasteiger partial charge >= 0.3 is 0 Å². The molecule has 1 aliphatic rings. The lowest BCUT2D eigenvalue weighted by Crippen LogP contribution is -2.45. The van der Waals surface area contributed by atoms with Gasteiger partial charge in [0.05, 0.1) is 10.7 Å². The fraction of sp³-hybridized carbons (Fsp3) is 0.611. The van der Waals surface area contributed by atoms with Crippen LogP contribution in [0.15, 0.2) is 30.3 Å². The van der Waals surface area contributed by atoms with Gasteiger partial charge < -0.3 is 5.32 Å². The second kappa shape index (κ2) is 9.82. The predicted molar refractivity (Wildman–Crippen MR) is 108 cm³/mol. The van der Waals surface area contributed by atoms with E-state index in [1.807, 2.05) is 32.0 Å². The van der Waals surface area contributed by atoms with Crippen LogP contribution in [0.3, 0.4) is 0 Å². The van der Waals surface area contributed by atoms with Gasteiger partial charge in [-0.25, -0.2) is 13.1 Å². The average Bonchev–Trinajstić information content (AvgIpc) is 2.58. The first-order valence-corrected chi connectivity index (χ1v) is 11.5. The minimum atomic E-state index is -3.24. The van der Waals surface area contributed by atoms with Crippen molar-refractivity contribution in [3.8, 4) is 0 Å². The predicted octanol–water partition coefficient (Wildman–Crippen LogP) is 2.18. The molecule has 2 rings (SSSR count). The Morgan fingerprint density at radius 1 is 1.31 bits per heavy atom. The molecule has 8 heteroatoms. The number of hydrogen-bond donors (Lipinski definition) is 2. The lowest BCUT2D eigenvalue weighted by molar-refractivity contribution is 0.0934. The second-order valence-electron chi connectivity index (χ2n) is 7.03. The number of likely N-dealkylation sites (tertiary alicyclic amines) is 1. The van der Waals surface area contributed by atoms with Crippen LogP contribution in [0.4, 0.5) is 0 Å². The number of nitrogens with zero attached hydrogens (tertiary/aromatic N) is 1. The first-order valence-electron chi connectivity index (χ1n) is 8.98. The summed E-state index contributed by atoms with van der Waals surface area (Å²) >= 11 is 3.66. The molecule has 2 N–H and O–H groups in total. The van der Waals surface area contributed by atoms with Crippen LogP contribution in [0.1, 0.15) is 37.0 Å². The molecule has 1 aromatic carbocycles. The Labute approximate surface area is 164 Å². The number of piperidine rings is 1. The van der Waals surface area contributed by atoms with E-state index in [1.165, 1.54) is 0 Å². The summed E-state index contributed by atoms with van der Waals surface area (Å²) in [6.07, 6.45) is 1.82. The van der Waals surface area contributed by atoms with E-state index in [9.17, 15) is 13.2 Å². The highest BCUT2D eigenvalue weighted by Gasteiger charge is 2.28. The molecule has 0 saturated carbocycles. The van der Waals surface area contributed by atoms with Crippen molar-refractivity contribution in [3.63, 3.8) is 0 Å². The zero-order valence-electron chi connectivity index (χ0n) is 15.3. The van der Waals surface area contributed by atoms with E-state index in [-0.39, 0.29) is 22.7 Å². The molecule has 1 aliphatic heterocycles. The quantitative estimate of drug-likeness (QED) is 0.474. The molecule has 26 heavy (non-hydrogen) atoms. The number of carbonyl (C=O) groups excluding carboxylic acids is 1. The third kappa shape index (κ3) is 6.98. The van der Waals surface area contributed by atoms with Crippen molar-refractivity contribution in [3.05, 3.63) is 35.9 Å². The summed E-state index contributed by atoms with van der Waals surface area (Å²) in [6.45, 7) is 5.59. The van der Waals surface area contributed by atoms with Crippen molar-refractivity contribution >= 4 is 31.9 Å². The lowest BCUT2D eigenvalue weighted by atomic mass is 9.96. The molecule has 0 bridgehead atoms. The van der Waals surface area contributed by atoms with Gasteiger partial charge in [0.25, 0.3) is 5.91 Å². The van der Waals surface area contributed by atoms with Gasteiger partial charge in [-0.1, -0.05) is 34.1 Å². The number of alkyl halides is 1. The fourth-order valence-electron chi connectivity index (χ4n) is 3.05. The second-order valence-corrected chi connectivity index (χ2v) is 9.96. The van der Waals surface area contributed by atoms with Gasteiger partial charge in [-0.15, -0.1) is 0 Å². The number of amides is 1. The van der Waals surface area contributed by atoms with Crippen molar-refractivity contribution in [1.29, 1.82) is 0 Å². The summed E-state index contributed by atoms with van der Waals surface area (Å²) in [4.78, 5) is 14.4. The summed E-state index contributed by atoms with van der Waals surface area (Å²) in [5.74, 6) is 0.432. The highest BCUT2D eigenvalue weighted by molar-refractivity contribution is 9.09. The largest absolute Gasteiger partial charge is 0.352 e. The molecule has 0 radical (unpaired) electrons. The minimum Gasteiger partial charge on any atom is -0.352 e. The summed E-state index contributed by atoms with van der Waals surface area (Å²) < 4.78 is 26.5. The summed E-state index contributed by atoms with van der Waals surface area (Å²) in [6, 6.07) is 9.11. The van der Waals surface area contributed by atoms with Gasteiger partial charge in [0.1, 0.15) is 0 Å². The molecule has 0 spiro atoms. The molecule has 1 fully saturated rings. The Bertz CT molecular complexity index is 682. The van der Waals surface area contributed by atoms with Crippen molar-refractivity contribution in [1.82, 2.24) is 14.9 Å². The average molecular weight is 446 g/mol. The Hall–Kier alpha value is -0.960. The van der Waals surface area contributed by atoms with Crippen LogP contribution >= 0.6 is 15.9 Å². The van der Waals surface area contributed by atoms with Gasteiger partial charge in [-0.05, 0) is 51.3 Å². The number of halogens is 1. The molecule has 1 aromatic rings. The summed E-state index contributed by atoms with van der Waals surface area (Å²) in [7, 11) is -3.24. The maximum absolute atomic E-state index is 12.1. The monoisotopic (exact) mass is 445 g/mol. The number of sulfonamides is 1. The van der Waals surface area contributed by atoms with Crippen molar-refractivity contribution in [2.45, 2.75) is 37.7 Å². The van der Waals surface area contributed by atoms with E-state index < -0.39 is 10.0 Å². The van der Waals surface area contributed by atoms with E-state index >= 15 is 0 Å². The van der Waals surface area contributed by atoms with Crippen LogP contribution < -0.4 is 10.0 Å². The van der Waals surface area contributed by atoms with Gasteiger partial charge in [0.15, 0.2) is 0 Å². The van der Waals surface area contributed by atoms with Crippen LogP contribution in [0.5, 0.6) is 0 Å². The Balaban J connectivity index is 1.75. The van der Waals surface area contributed by atoms with Gasteiger partial charge in [-0.2, -0.15) is 0 Å². The number of benzene rings is 1. The smallest absolute Gasteiger partial charge is 0.251 e. The summed E-state index contributed by atoms with van der Waals surface area (Å²) in [5, 5.41) is 3.00. The van der Waals surface area contributed by atoms with Crippen molar-refractivity contribution in [2.75, 3.05) is 25.4 Å². The van der Waals surface area contributed by atoms with Gasteiger partial charge in [0.2, 0.25) is 10.0 Å². The molecule has 2 atom stereocenters. The highest BCUT2D eigenvalue weighted by Crippen LogP contribution is 2.26. The third-order valence-electron chi connectivity index (χ3n) is 4.40. The third-order valence-corrected chi connectivity index (χ3v) is 6.90. The van der Waals surface area contributed by atoms with Crippen LogP contribution in [0.2, 0.25) is 0 Å². The molecule has 146 valence electrons. The number of rotatable bonds is 8. The number of hydrogen-bond acceptors (Lipinski definition) is 4. The van der Waals surface area contributed by atoms with Crippen molar-refractivity contribution in [2.24, 2.45) is 5.92 Å². The zero-order valence-corrected chi connectivity index (χ0v) is 17.7. The van der Waals surface area contributed by atoms with Gasteiger partial charge in [0, 0.05) is 24.7 Å². The van der Waals surface area contributed by atoms with Crippen LogP contribution in [-0.2, 0) is 10.0 Å². The first-order chi connectivity index (χ1) is 12.3. The molecule has 0 aliphatic carbocycles.